The third kappa shape index (κ3) is 2.28. The second-order valence-electron chi connectivity index (χ2n) is 5.17. The van der Waals surface area contributed by atoms with Crippen molar-refractivity contribution < 1.29 is 12.8 Å². The molecule has 6 heteroatoms. The van der Waals surface area contributed by atoms with Gasteiger partial charge in [-0.3, -0.25) is 0 Å². The molecule has 0 spiro atoms. The van der Waals surface area contributed by atoms with E-state index in [1.165, 1.54) is 24.3 Å². The standard InChI is InChI=1S/C13H17FN2O2S/c14-10-1-5-13(6-2-10)19(17,18)16-11-3-4-12(16)9-15-8-7-11/h1-2,5-6,11-12,15H,3-4,7-9H2. The van der Waals surface area contributed by atoms with Crippen molar-refractivity contribution in [2.75, 3.05) is 13.1 Å². The molecular weight excluding hydrogens is 267 g/mol. The molecule has 1 aromatic rings. The minimum atomic E-state index is -3.51. The minimum Gasteiger partial charge on any atom is -0.315 e. The molecule has 2 atom stereocenters. The average molecular weight is 284 g/mol. The van der Waals surface area contributed by atoms with Crippen LogP contribution < -0.4 is 5.32 Å². The van der Waals surface area contributed by atoms with E-state index in [1.807, 2.05) is 0 Å². The predicted octanol–water partition coefficient (Wildman–Crippen LogP) is 1.34. The van der Waals surface area contributed by atoms with E-state index >= 15 is 0 Å². The van der Waals surface area contributed by atoms with Gasteiger partial charge in [0.25, 0.3) is 0 Å². The molecule has 2 fully saturated rings. The average Bonchev–Trinajstić information content (AvgIpc) is 2.64. The lowest BCUT2D eigenvalue weighted by Crippen LogP contribution is -2.42. The van der Waals surface area contributed by atoms with Crippen molar-refractivity contribution in [2.45, 2.75) is 36.2 Å². The van der Waals surface area contributed by atoms with Crippen LogP contribution in [0.1, 0.15) is 19.3 Å². The van der Waals surface area contributed by atoms with Crippen molar-refractivity contribution in [3.8, 4) is 0 Å². The molecule has 0 radical (unpaired) electrons. The first kappa shape index (κ1) is 13.0. The Morgan fingerprint density at radius 1 is 1.11 bits per heavy atom. The maximum Gasteiger partial charge on any atom is 0.243 e. The molecule has 0 aliphatic carbocycles. The van der Waals surface area contributed by atoms with Gasteiger partial charge >= 0.3 is 0 Å². The van der Waals surface area contributed by atoms with Gasteiger partial charge in [-0.2, -0.15) is 4.31 Å². The molecule has 2 aliphatic rings. The van der Waals surface area contributed by atoms with Gasteiger partial charge in [0.1, 0.15) is 5.82 Å². The highest BCUT2D eigenvalue weighted by atomic mass is 32.2. The normalized spacial score (nSPS) is 28.3. The molecule has 3 rings (SSSR count). The van der Waals surface area contributed by atoms with E-state index in [2.05, 4.69) is 5.32 Å². The lowest BCUT2D eigenvalue weighted by Gasteiger charge is -2.26. The minimum absolute atomic E-state index is 0.0301. The van der Waals surface area contributed by atoms with E-state index in [0.29, 0.717) is 6.54 Å². The third-order valence-corrected chi connectivity index (χ3v) is 6.00. The van der Waals surface area contributed by atoms with Gasteiger partial charge in [-0.05, 0) is 50.1 Å². The summed E-state index contributed by atoms with van der Waals surface area (Å²) in [5, 5.41) is 3.28. The number of hydrogen-bond donors (Lipinski definition) is 1. The summed E-state index contributed by atoms with van der Waals surface area (Å²) in [5.41, 5.74) is 0. The summed E-state index contributed by atoms with van der Waals surface area (Å²) >= 11 is 0. The van der Waals surface area contributed by atoms with Crippen LogP contribution in [0, 0.1) is 5.82 Å². The van der Waals surface area contributed by atoms with Gasteiger partial charge in [-0.25, -0.2) is 12.8 Å². The van der Waals surface area contributed by atoms with Crippen molar-refractivity contribution in [3.05, 3.63) is 30.1 Å². The fourth-order valence-corrected chi connectivity index (χ4v) is 4.96. The van der Waals surface area contributed by atoms with E-state index in [9.17, 15) is 12.8 Å². The first-order valence-corrected chi connectivity index (χ1v) is 8.03. The number of benzene rings is 1. The Morgan fingerprint density at radius 3 is 2.53 bits per heavy atom. The maximum absolute atomic E-state index is 12.9. The fourth-order valence-electron chi connectivity index (χ4n) is 3.06. The number of rotatable bonds is 2. The molecule has 0 amide bonds. The third-order valence-electron chi connectivity index (χ3n) is 3.98. The van der Waals surface area contributed by atoms with E-state index in [4.69, 9.17) is 0 Å². The Morgan fingerprint density at radius 2 is 1.79 bits per heavy atom. The van der Waals surface area contributed by atoms with E-state index in [-0.39, 0.29) is 17.0 Å². The maximum atomic E-state index is 12.9. The predicted molar refractivity (Wildman–Crippen MR) is 69.7 cm³/mol. The number of halogens is 1. The Hall–Kier alpha value is -0.980. The van der Waals surface area contributed by atoms with Crippen LogP contribution >= 0.6 is 0 Å². The molecule has 1 N–H and O–H groups in total. The SMILES string of the molecule is O=S(=O)(c1ccc(F)cc1)N1C2CCNCC1CC2. The van der Waals surface area contributed by atoms with Crippen LogP contribution in [-0.4, -0.2) is 37.9 Å². The van der Waals surface area contributed by atoms with Crippen molar-refractivity contribution >= 4 is 10.0 Å². The number of fused-ring (bicyclic) bond motifs is 2. The number of nitrogens with one attached hydrogen (secondary N) is 1. The highest BCUT2D eigenvalue weighted by Crippen LogP contribution is 2.33. The first-order valence-electron chi connectivity index (χ1n) is 6.59. The van der Waals surface area contributed by atoms with Crippen LogP contribution in [0.4, 0.5) is 4.39 Å². The smallest absolute Gasteiger partial charge is 0.243 e. The van der Waals surface area contributed by atoms with Crippen LogP contribution in [0.15, 0.2) is 29.2 Å². The summed E-state index contributed by atoms with van der Waals surface area (Å²) < 4.78 is 39.9. The number of nitrogens with zero attached hydrogens (tertiary/aromatic N) is 1. The monoisotopic (exact) mass is 284 g/mol. The van der Waals surface area contributed by atoms with Crippen LogP contribution in [0.25, 0.3) is 0 Å². The Kier molecular flexibility index (Phi) is 3.32. The molecule has 19 heavy (non-hydrogen) atoms. The first-order chi connectivity index (χ1) is 9.09. The zero-order valence-electron chi connectivity index (χ0n) is 10.5. The van der Waals surface area contributed by atoms with Crippen molar-refractivity contribution in [2.24, 2.45) is 0 Å². The van der Waals surface area contributed by atoms with Gasteiger partial charge in [0.05, 0.1) is 4.90 Å². The van der Waals surface area contributed by atoms with Gasteiger partial charge in [0.2, 0.25) is 10.0 Å². The molecule has 2 aliphatic heterocycles. The second kappa shape index (κ2) is 4.85. The molecule has 2 saturated heterocycles. The molecule has 2 unspecified atom stereocenters. The molecule has 1 aromatic carbocycles. The molecular formula is C13H17FN2O2S. The summed E-state index contributed by atoms with van der Waals surface area (Å²) in [6.45, 7) is 1.56. The Balaban J connectivity index is 1.97. The Bertz CT molecular complexity index is 545. The van der Waals surface area contributed by atoms with Crippen LogP contribution in [0.2, 0.25) is 0 Å². The molecule has 2 bridgehead atoms. The summed E-state index contributed by atoms with van der Waals surface area (Å²) in [7, 11) is -3.51. The van der Waals surface area contributed by atoms with E-state index < -0.39 is 15.8 Å². The lowest BCUT2D eigenvalue weighted by atomic mass is 10.1. The molecule has 2 heterocycles. The van der Waals surface area contributed by atoms with Gasteiger partial charge in [0.15, 0.2) is 0 Å². The highest BCUT2D eigenvalue weighted by molar-refractivity contribution is 7.89. The lowest BCUT2D eigenvalue weighted by molar-refractivity contribution is 0.334. The van der Waals surface area contributed by atoms with E-state index in [0.717, 1.165) is 25.8 Å². The van der Waals surface area contributed by atoms with Gasteiger partial charge in [-0.15, -0.1) is 0 Å². The number of hydrogen-bond acceptors (Lipinski definition) is 3. The summed E-state index contributed by atoms with van der Waals surface area (Å²) in [5.74, 6) is -0.417. The van der Waals surface area contributed by atoms with Crippen LogP contribution in [0.5, 0.6) is 0 Å². The van der Waals surface area contributed by atoms with Crippen molar-refractivity contribution in [3.63, 3.8) is 0 Å². The fraction of sp³-hybridized carbons (Fsp3) is 0.538. The molecule has 0 saturated carbocycles. The van der Waals surface area contributed by atoms with Crippen molar-refractivity contribution in [1.82, 2.24) is 9.62 Å². The van der Waals surface area contributed by atoms with Gasteiger partial charge in [0, 0.05) is 18.6 Å². The Labute approximate surface area is 112 Å². The largest absolute Gasteiger partial charge is 0.315 e. The van der Waals surface area contributed by atoms with E-state index in [1.54, 1.807) is 4.31 Å². The quantitative estimate of drug-likeness (QED) is 0.891. The molecule has 0 aromatic heterocycles. The molecule has 4 nitrogen and oxygen atoms in total. The summed E-state index contributed by atoms with van der Waals surface area (Å²) in [6, 6.07) is 5.21. The van der Waals surface area contributed by atoms with Crippen LogP contribution in [0.3, 0.4) is 0 Å². The zero-order valence-corrected chi connectivity index (χ0v) is 11.4. The summed E-state index contributed by atoms with van der Waals surface area (Å²) in [4.78, 5) is 0.188. The van der Waals surface area contributed by atoms with Gasteiger partial charge in [-0.1, -0.05) is 0 Å². The van der Waals surface area contributed by atoms with Crippen molar-refractivity contribution in [1.29, 1.82) is 0 Å². The topological polar surface area (TPSA) is 49.4 Å². The van der Waals surface area contributed by atoms with Gasteiger partial charge < -0.3 is 5.32 Å². The number of sulfonamides is 1. The summed E-state index contributed by atoms with van der Waals surface area (Å²) in [6.07, 6.45) is 2.67. The zero-order chi connectivity index (χ0) is 13.5. The van der Waals surface area contributed by atoms with Crippen LogP contribution in [-0.2, 0) is 10.0 Å². The highest BCUT2D eigenvalue weighted by Gasteiger charge is 2.42. The molecule has 104 valence electrons. The second-order valence-corrected chi connectivity index (χ2v) is 7.01.